The lowest BCUT2D eigenvalue weighted by Crippen LogP contribution is -2.40. The Morgan fingerprint density at radius 1 is 1.17 bits per heavy atom. The molecule has 130 valence electrons. The molecular weight excluding hydrogens is 318 g/mol. The summed E-state index contributed by atoms with van der Waals surface area (Å²) >= 11 is 5.45. The lowest BCUT2D eigenvalue weighted by Gasteiger charge is -2.24. The predicted molar refractivity (Wildman–Crippen MR) is 102 cm³/mol. The zero-order valence-electron chi connectivity index (χ0n) is 14.5. The summed E-state index contributed by atoms with van der Waals surface area (Å²) in [5.74, 6) is 1.78. The second-order valence-electron chi connectivity index (χ2n) is 6.93. The first kappa shape index (κ1) is 17.2. The molecule has 2 N–H and O–H groups in total. The van der Waals surface area contributed by atoms with Crippen LogP contribution in [-0.4, -0.2) is 35.1 Å². The van der Waals surface area contributed by atoms with Gasteiger partial charge in [-0.3, -0.25) is 4.79 Å². The van der Waals surface area contributed by atoms with Gasteiger partial charge in [0.2, 0.25) is 0 Å². The van der Waals surface area contributed by atoms with Gasteiger partial charge in [0.1, 0.15) is 0 Å². The van der Waals surface area contributed by atoms with E-state index < -0.39 is 0 Å². The van der Waals surface area contributed by atoms with Gasteiger partial charge in [0.25, 0.3) is 5.91 Å². The van der Waals surface area contributed by atoms with E-state index in [1.54, 1.807) is 0 Å². The van der Waals surface area contributed by atoms with Crippen molar-refractivity contribution in [3.8, 4) is 0 Å². The van der Waals surface area contributed by atoms with E-state index in [4.69, 9.17) is 12.2 Å². The van der Waals surface area contributed by atoms with Crippen molar-refractivity contribution in [2.45, 2.75) is 45.6 Å². The van der Waals surface area contributed by atoms with Crippen LogP contribution in [0.4, 0.5) is 5.69 Å². The quantitative estimate of drug-likeness (QED) is 0.800. The third kappa shape index (κ3) is 3.72. The van der Waals surface area contributed by atoms with Crippen LogP contribution in [0, 0.1) is 11.8 Å². The molecule has 5 heteroatoms. The maximum atomic E-state index is 12.3. The molecule has 2 saturated carbocycles. The number of hydrogen-bond donors (Lipinski definition) is 2. The fraction of sp³-hybridized carbons (Fsp3) is 0.579. The fourth-order valence-electron chi connectivity index (χ4n) is 4.15. The van der Waals surface area contributed by atoms with E-state index in [1.165, 1.54) is 25.7 Å². The van der Waals surface area contributed by atoms with Crippen LogP contribution in [0.3, 0.4) is 0 Å². The number of fused-ring (bicyclic) bond motifs is 2. The number of amides is 1. The van der Waals surface area contributed by atoms with E-state index in [-0.39, 0.29) is 5.91 Å². The zero-order chi connectivity index (χ0) is 17.1. The Bertz CT molecular complexity index is 597. The molecule has 2 aliphatic carbocycles. The summed E-state index contributed by atoms with van der Waals surface area (Å²) in [5.41, 5.74) is 1.64. The van der Waals surface area contributed by atoms with Crippen LogP contribution < -0.4 is 10.6 Å². The molecular formula is C19H27N3OS. The summed E-state index contributed by atoms with van der Waals surface area (Å²) in [6.45, 7) is 5.45. The van der Waals surface area contributed by atoms with Crippen LogP contribution in [0.1, 0.15) is 49.9 Å². The average molecular weight is 346 g/mol. The van der Waals surface area contributed by atoms with Gasteiger partial charge in [0, 0.05) is 30.4 Å². The fourth-order valence-corrected chi connectivity index (χ4v) is 4.42. The van der Waals surface area contributed by atoms with Crippen LogP contribution in [0.2, 0.25) is 0 Å². The monoisotopic (exact) mass is 345 g/mol. The molecule has 1 aromatic carbocycles. The Kier molecular flexibility index (Phi) is 5.39. The molecule has 1 amide bonds. The van der Waals surface area contributed by atoms with E-state index in [9.17, 15) is 4.79 Å². The summed E-state index contributed by atoms with van der Waals surface area (Å²) < 4.78 is 0. The largest absolute Gasteiger partial charge is 0.359 e. The highest BCUT2D eigenvalue weighted by molar-refractivity contribution is 7.80. The first-order chi connectivity index (χ1) is 11.6. The van der Waals surface area contributed by atoms with Gasteiger partial charge in [-0.2, -0.15) is 0 Å². The van der Waals surface area contributed by atoms with Crippen LogP contribution in [0.15, 0.2) is 24.3 Å². The number of rotatable bonds is 5. The molecule has 1 aromatic rings. The molecule has 4 nitrogen and oxygen atoms in total. The molecule has 3 rings (SSSR count). The number of hydrogen-bond acceptors (Lipinski definition) is 2. The smallest absolute Gasteiger partial charge is 0.253 e. The van der Waals surface area contributed by atoms with Crippen LogP contribution in [0.5, 0.6) is 0 Å². The summed E-state index contributed by atoms with van der Waals surface area (Å²) in [7, 11) is 0. The molecule has 2 fully saturated rings. The van der Waals surface area contributed by atoms with E-state index in [0.29, 0.717) is 11.2 Å². The van der Waals surface area contributed by atoms with Gasteiger partial charge < -0.3 is 15.5 Å². The number of thiocarbonyl (C=S) groups is 1. The van der Waals surface area contributed by atoms with E-state index in [0.717, 1.165) is 36.2 Å². The number of anilines is 1. The Hall–Kier alpha value is -1.62. The van der Waals surface area contributed by atoms with Gasteiger partial charge in [0.05, 0.1) is 0 Å². The van der Waals surface area contributed by atoms with Crippen molar-refractivity contribution in [3.63, 3.8) is 0 Å². The zero-order valence-corrected chi connectivity index (χ0v) is 15.4. The van der Waals surface area contributed by atoms with Crippen LogP contribution >= 0.6 is 12.2 Å². The number of nitrogens with one attached hydrogen (secondary N) is 2. The normalized spacial score (nSPS) is 24.7. The standard InChI is InChI=1S/C19H27N3OS/c1-3-22(4-2)18(23)14-7-9-16(10-8-14)20-19(24)21-17-12-13-5-6-15(17)11-13/h7-10,13,15,17H,3-6,11-12H2,1-2H3,(H2,20,21,24)/t13-,15+,17-/m0/s1. The highest BCUT2D eigenvalue weighted by Crippen LogP contribution is 2.44. The average Bonchev–Trinajstić information content (AvgIpc) is 3.19. The molecule has 0 radical (unpaired) electrons. The third-order valence-corrected chi connectivity index (χ3v) is 5.71. The van der Waals surface area contributed by atoms with Crippen molar-refractivity contribution >= 4 is 28.9 Å². The maximum absolute atomic E-state index is 12.3. The summed E-state index contributed by atoms with van der Waals surface area (Å²) in [5, 5.41) is 7.42. The van der Waals surface area contributed by atoms with Crippen molar-refractivity contribution in [2.75, 3.05) is 18.4 Å². The first-order valence-electron chi connectivity index (χ1n) is 9.07. The van der Waals surface area contributed by atoms with Gasteiger partial charge in [0.15, 0.2) is 5.11 Å². The van der Waals surface area contributed by atoms with Gasteiger partial charge >= 0.3 is 0 Å². The number of nitrogens with zero attached hydrogens (tertiary/aromatic N) is 1. The minimum absolute atomic E-state index is 0.0780. The summed E-state index contributed by atoms with van der Waals surface area (Å²) in [4.78, 5) is 14.1. The SMILES string of the molecule is CCN(CC)C(=O)c1ccc(NC(=S)N[C@H]2C[C@H]3CC[C@@H]2C3)cc1. The molecule has 3 atom stereocenters. The number of benzene rings is 1. The Labute approximate surface area is 150 Å². The van der Waals surface area contributed by atoms with Crippen molar-refractivity contribution in [1.82, 2.24) is 10.2 Å². The summed E-state index contributed by atoms with van der Waals surface area (Å²) in [6, 6.07) is 8.11. The molecule has 0 saturated heterocycles. The van der Waals surface area contributed by atoms with Crippen LogP contribution in [0.25, 0.3) is 0 Å². The molecule has 0 heterocycles. The van der Waals surface area contributed by atoms with Crippen molar-refractivity contribution in [1.29, 1.82) is 0 Å². The highest BCUT2D eigenvalue weighted by atomic mass is 32.1. The lowest BCUT2D eigenvalue weighted by molar-refractivity contribution is 0.0773. The van der Waals surface area contributed by atoms with Crippen LogP contribution in [-0.2, 0) is 0 Å². The maximum Gasteiger partial charge on any atom is 0.253 e. The lowest BCUT2D eigenvalue weighted by atomic mass is 9.96. The molecule has 24 heavy (non-hydrogen) atoms. The van der Waals surface area contributed by atoms with E-state index >= 15 is 0 Å². The topological polar surface area (TPSA) is 44.4 Å². The first-order valence-corrected chi connectivity index (χ1v) is 9.48. The molecule has 0 spiro atoms. The predicted octanol–water partition coefficient (Wildman–Crippen LogP) is 3.64. The number of carbonyl (C=O) groups is 1. The van der Waals surface area contributed by atoms with E-state index in [1.807, 2.05) is 43.0 Å². The number of carbonyl (C=O) groups excluding carboxylic acids is 1. The Balaban J connectivity index is 1.54. The van der Waals surface area contributed by atoms with Gasteiger partial charge in [-0.1, -0.05) is 6.42 Å². The minimum atomic E-state index is 0.0780. The third-order valence-electron chi connectivity index (χ3n) is 5.49. The molecule has 0 aromatic heterocycles. The van der Waals surface area contributed by atoms with Crippen molar-refractivity contribution in [3.05, 3.63) is 29.8 Å². The molecule has 0 aliphatic heterocycles. The molecule has 0 unspecified atom stereocenters. The highest BCUT2D eigenvalue weighted by Gasteiger charge is 2.39. The van der Waals surface area contributed by atoms with Crippen molar-refractivity contribution < 1.29 is 4.79 Å². The molecule has 2 aliphatic rings. The van der Waals surface area contributed by atoms with Gasteiger partial charge in [-0.05, 0) is 81.4 Å². The second-order valence-corrected chi connectivity index (χ2v) is 7.34. The van der Waals surface area contributed by atoms with E-state index in [2.05, 4.69) is 10.6 Å². The van der Waals surface area contributed by atoms with Gasteiger partial charge in [-0.15, -0.1) is 0 Å². The second kappa shape index (κ2) is 7.51. The minimum Gasteiger partial charge on any atom is -0.359 e. The van der Waals surface area contributed by atoms with Gasteiger partial charge in [-0.25, -0.2) is 0 Å². The summed E-state index contributed by atoms with van der Waals surface area (Å²) in [6.07, 6.45) is 5.35. The Morgan fingerprint density at radius 2 is 1.88 bits per heavy atom. The molecule has 2 bridgehead atoms. The van der Waals surface area contributed by atoms with Crippen molar-refractivity contribution in [2.24, 2.45) is 11.8 Å². The Morgan fingerprint density at radius 3 is 2.42 bits per heavy atom.